The standard InChI is InChI=1S/C18H26N4O2/c19-17(23)16-9-6-12-22(16)18(24)20-14-7-5-8-15(13-14)21-10-3-1-2-4-11-21/h5,7-8,13,16H,1-4,6,9-12H2,(H2,19,23)(H,20,24)/t16-/m0/s1. The van der Waals surface area contributed by atoms with E-state index in [-0.39, 0.29) is 6.03 Å². The number of anilines is 2. The Bertz CT molecular complexity index is 596. The molecular formula is C18H26N4O2. The van der Waals surface area contributed by atoms with Gasteiger partial charge in [-0.05, 0) is 43.9 Å². The minimum Gasteiger partial charge on any atom is -0.371 e. The summed E-state index contributed by atoms with van der Waals surface area (Å²) in [4.78, 5) is 27.8. The number of likely N-dealkylation sites (tertiary alicyclic amines) is 1. The van der Waals surface area contributed by atoms with E-state index in [2.05, 4.69) is 16.3 Å². The first-order valence-corrected chi connectivity index (χ1v) is 8.87. The number of benzene rings is 1. The molecule has 0 saturated carbocycles. The molecule has 3 N–H and O–H groups in total. The fourth-order valence-electron chi connectivity index (χ4n) is 3.61. The van der Waals surface area contributed by atoms with Gasteiger partial charge in [0.1, 0.15) is 6.04 Å². The van der Waals surface area contributed by atoms with Crippen LogP contribution in [0.1, 0.15) is 38.5 Å². The van der Waals surface area contributed by atoms with Gasteiger partial charge >= 0.3 is 6.03 Å². The maximum absolute atomic E-state index is 12.5. The van der Waals surface area contributed by atoms with Crippen LogP contribution in [0.4, 0.5) is 16.2 Å². The van der Waals surface area contributed by atoms with Gasteiger partial charge in [0.05, 0.1) is 0 Å². The number of nitrogens with two attached hydrogens (primary N) is 1. The predicted octanol–water partition coefficient (Wildman–Crippen LogP) is 2.55. The fraction of sp³-hybridized carbons (Fsp3) is 0.556. The molecule has 1 atom stereocenters. The lowest BCUT2D eigenvalue weighted by Gasteiger charge is -2.25. The molecule has 6 heteroatoms. The first-order valence-electron chi connectivity index (χ1n) is 8.87. The van der Waals surface area contributed by atoms with Gasteiger partial charge in [-0.2, -0.15) is 0 Å². The molecule has 3 amide bonds. The average Bonchev–Trinajstić information content (AvgIpc) is 2.91. The first-order chi connectivity index (χ1) is 11.6. The molecule has 0 aromatic heterocycles. The highest BCUT2D eigenvalue weighted by Crippen LogP contribution is 2.24. The summed E-state index contributed by atoms with van der Waals surface area (Å²) in [6.45, 7) is 2.70. The normalized spacial score (nSPS) is 21.4. The third kappa shape index (κ3) is 3.80. The van der Waals surface area contributed by atoms with E-state index in [1.54, 1.807) is 4.90 Å². The average molecular weight is 330 g/mol. The molecule has 0 spiro atoms. The van der Waals surface area contributed by atoms with Crippen molar-refractivity contribution in [3.63, 3.8) is 0 Å². The molecule has 3 rings (SSSR count). The van der Waals surface area contributed by atoms with Crippen molar-refractivity contribution in [2.75, 3.05) is 29.9 Å². The molecule has 0 radical (unpaired) electrons. The summed E-state index contributed by atoms with van der Waals surface area (Å²) < 4.78 is 0. The summed E-state index contributed by atoms with van der Waals surface area (Å²) in [5, 5.41) is 2.92. The topological polar surface area (TPSA) is 78.7 Å². The van der Waals surface area contributed by atoms with Crippen molar-refractivity contribution in [1.29, 1.82) is 0 Å². The largest absolute Gasteiger partial charge is 0.371 e. The summed E-state index contributed by atoms with van der Waals surface area (Å²) >= 11 is 0. The number of primary amides is 1. The number of amides is 3. The second-order valence-electron chi connectivity index (χ2n) is 6.64. The van der Waals surface area contributed by atoms with Crippen LogP contribution in [0.2, 0.25) is 0 Å². The van der Waals surface area contributed by atoms with Crippen LogP contribution in [-0.2, 0) is 4.79 Å². The molecule has 6 nitrogen and oxygen atoms in total. The highest BCUT2D eigenvalue weighted by Gasteiger charge is 2.32. The maximum Gasteiger partial charge on any atom is 0.322 e. The highest BCUT2D eigenvalue weighted by atomic mass is 16.2. The third-order valence-corrected chi connectivity index (χ3v) is 4.91. The minimum absolute atomic E-state index is 0.246. The van der Waals surface area contributed by atoms with E-state index < -0.39 is 11.9 Å². The molecule has 2 aliphatic heterocycles. The molecule has 2 aliphatic rings. The Hall–Kier alpha value is -2.24. The van der Waals surface area contributed by atoms with Crippen LogP contribution in [0.25, 0.3) is 0 Å². The molecule has 0 unspecified atom stereocenters. The Morgan fingerprint density at radius 2 is 1.79 bits per heavy atom. The number of carbonyl (C=O) groups excluding carboxylic acids is 2. The van der Waals surface area contributed by atoms with Crippen LogP contribution in [0.15, 0.2) is 24.3 Å². The minimum atomic E-state index is -0.487. The van der Waals surface area contributed by atoms with Gasteiger partial charge in [0.2, 0.25) is 5.91 Å². The van der Waals surface area contributed by atoms with Crippen LogP contribution in [-0.4, -0.2) is 42.5 Å². The van der Waals surface area contributed by atoms with Crippen LogP contribution in [0.3, 0.4) is 0 Å². The van der Waals surface area contributed by atoms with Crippen LogP contribution >= 0.6 is 0 Å². The predicted molar refractivity (Wildman–Crippen MR) is 95.1 cm³/mol. The van der Waals surface area contributed by atoms with Crippen molar-refractivity contribution in [2.45, 2.75) is 44.6 Å². The quantitative estimate of drug-likeness (QED) is 0.894. The van der Waals surface area contributed by atoms with E-state index in [1.165, 1.54) is 25.7 Å². The van der Waals surface area contributed by atoms with E-state index in [9.17, 15) is 9.59 Å². The van der Waals surface area contributed by atoms with Gasteiger partial charge in [0.15, 0.2) is 0 Å². The second-order valence-corrected chi connectivity index (χ2v) is 6.64. The van der Waals surface area contributed by atoms with Crippen LogP contribution < -0.4 is 16.0 Å². The Balaban J connectivity index is 1.67. The smallest absolute Gasteiger partial charge is 0.322 e. The van der Waals surface area contributed by atoms with E-state index in [0.29, 0.717) is 13.0 Å². The Morgan fingerprint density at radius 1 is 1.04 bits per heavy atom. The van der Waals surface area contributed by atoms with Gasteiger partial charge in [0.25, 0.3) is 0 Å². The van der Waals surface area contributed by atoms with Crippen molar-refractivity contribution in [3.8, 4) is 0 Å². The van der Waals surface area contributed by atoms with Crippen molar-refractivity contribution in [1.82, 2.24) is 4.90 Å². The summed E-state index contributed by atoms with van der Waals surface area (Å²) in [5.74, 6) is -0.430. The summed E-state index contributed by atoms with van der Waals surface area (Å²) in [6.07, 6.45) is 6.47. The second kappa shape index (κ2) is 7.55. The SMILES string of the molecule is NC(=O)[C@@H]1CCCN1C(=O)Nc1cccc(N2CCCCCC2)c1. The number of carbonyl (C=O) groups is 2. The molecule has 2 saturated heterocycles. The zero-order valence-electron chi connectivity index (χ0n) is 14.0. The Morgan fingerprint density at radius 3 is 2.50 bits per heavy atom. The van der Waals surface area contributed by atoms with E-state index in [0.717, 1.165) is 30.9 Å². The van der Waals surface area contributed by atoms with E-state index >= 15 is 0 Å². The molecule has 2 heterocycles. The van der Waals surface area contributed by atoms with Crippen molar-refractivity contribution < 1.29 is 9.59 Å². The Labute approximate surface area is 143 Å². The molecular weight excluding hydrogens is 304 g/mol. The lowest BCUT2D eigenvalue weighted by molar-refractivity contribution is -0.121. The molecule has 130 valence electrons. The number of nitrogens with zero attached hydrogens (tertiary/aromatic N) is 2. The number of urea groups is 1. The van der Waals surface area contributed by atoms with Gasteiger partial charge < -0.3 is 20.9 Å². The first kappa shape index (κ1) is 16.6. The molecule has 24 heavy (non-hydrogen) atoms. The summed E-state index contributed by atoms with van der Waals surface area (Å²) in [7, 11) is 0. The highest BCUT2D eigenvalue weighted by molar-refractivity contribution is 5.94. The van der Waals surface area contributed by atoms with Crippen molar-refractivity contribution in [2.24, 2.45) is 5.73 Å². The summed E-state index contributed by atoms with van der Waals surface area (Å²) in [6, 6.07) is 7.21. The number of rotatable bonds is 3. The Kier molecular flexibility index (Phi) is 5.23. The molecule has 2 fully saturated rings. The van der Waals surface area contributed by atoms with Gasteiger partial charge in [0, 0.05) is 31.0 Å². The molecule has 0 bridgehead atoms. The molecule has 1 aromatic carbocycles. The molecule has 0 aliphatic carbocycles. The number of nitrogens with one attached hydrogen (secondary N) is 1. The molecule has 1 aromatic rings. The maximum atomic E-state index is 12.5. The zero-order valence-corrected chi connectivity index (χ0v) is 14.0. The van der Waals surface area contributed by atoms with Gasteiger partial charge in [-0.1, -0.05) is 18.9 Å². The third-order valence-electron chi connectivity index (χ3n) is 4.91. The fourth-order valence-corrected chi connectivity index (χ4v) is 3.61. The zero-order chi connectivity index (χ0) is 16.9. The van der Waals surface area contributed by atoms with Gasteiger partial charge in [-0.25, -0.2) is 4.79 Å². The summed E-state index contributed by atoms with van der Waals surface area (Å²) in [5.41, 5.74) is 7.29. The van der Waals surface area contributed by atoms with E-state index in [4.69, 9.17) is 5.73 Å². The number of hydrogen-bond donors (Lipinski definition) is 2. The van der Waals surface area contributed by atoms with Gasteiger partial charge in [-0.15, -0.1) is 0 Å². The van der Waals surface area contributed by atoms with E-state index in [1.807, 2.05) is 18.2 Å². The van der Waals surface area contributed by atoms with Crippen molar-refractivity contribution in [3.05, 3.63) is 24.3 Å². The lowest BCUT2D eigenvalue weighted by atomic mass is 10.2. The van der Waals surface area contributed by atoms with Crippen molar-refractivity contribution >= 4 is 23.3 Å². The lowest BCUT2D eigenvalue weighted by Crippen LogP contribution is -2.45. The number of hydrogen-bond acceptors (Lipinski definition) is 3. The van der Waals surface area contributed by atoms with Gasteiger partial charge in [-0.3, -0.25) is 4.79 Å². The van der Waals surface area contributed by atoms with Crippen LogP contribution in [0.5, 0.6) is 0 Å². The monoisotopic (exact) mass is 330 g/mol. The van der Waals surface area contributed by atoms with Crippen LogP contribution in [0, 0.1) is 0 Å².